The van der Waals surface area contributed by atoms with E-state index in [2.05, 4.69) is 36.4 Å². The van der Waals surface area contributed by atoms with Crippen molar-refractivity contribution < 1.29 is 4.79 Å². The summed E-state index contributed by atoms with van der Waals surface area (Å²) >= 11 is 0. The van der Waals surface area contributed by atoms with Gasteiger partial charge in [0, 0.05) is 12.2 Å². The van der Waals surface area contributed by atoms with E-state index >= 15 is 0 Å². The molecular formula is C17H23N3O. The maximum atomic E-state index is 12.0. The van der Waals surface area contributed by atoms with E-state index < -0.39 is 0 Å². The van der Waals surface area contributed by atoms with Gasteiger partial charge in [0.2, 0.25) is 0 Å². The van der Waals surface area contributed by atoms with Crippen LogP contribution in [0.4, 0.5) is 0 Å². The van der Waals surface area contributed by atoms with Crippen LogP contribution >= 0.6 is 0 Å². The fourth-order valence-corrected chi connectivity index (χ4v) is 2.18. The molecule has 0 spiro atoms. The number of hydrogen-bond acceptors (Lipinski definition) is 2. The SMILES string of the molecule is CCCNC(=O)c1cc(C)n(-c2ccc(C(C)C)cc2)n1. The summed E-state index contributed by atoms with van der Waals surface area (Å²) in [5, 5.41) is 7.26. The molecule has 0 atom stereocenters. The molecule has 0 aliphatic heterocycles. The molecule has 0 radical (unpaired) electrons. The number of nitrogens with zero attached hydrogens (tertiary/aromatic N) is 2. The van der Waals surface area contributed by atoms with Gasteiger partial charge in [0.15, 0.2) is 5.69 Å². The molecule has 2 rings (SSSR count). The van der Waals surface area contributed by atoms with Gasteiger partial charge in [-0.25, -0.2) is 4.68 Å². The molecule has 0 aliphatic carbocycles. The van der Waals surface area contributed by atoms with E-state index in [0.29, 0.717) is 18.2 Å². The van der Waals surface area contributed by atoms with Crippen LogP contribution in [0.1, 0.15) is 54.9 Å². The highest BCUT2D eigenvalue weighted by Crippen LogP contribution is 2.18. The molecule has 0 saturated carbocycles. The second-order valence-electron chi connectivity index (χ2n) is 5.58. The number of carbonyl (C=O) groups is 1. The summed E-state index contributed by atoms with van der Waals surface area (Å²) < 4.78 is 1.81. The van der Waals surface area contributed by atoms with E-state index in [4.69, 9.17) is 0 Å². The maximum absolute atomic E-state index is 12.0. The van der Waals surface area contributed by atoms with Crippen LogP contribution in [0.5, 0.6) is 0 Å². The predicted octanol–water partition coefficient (Wildman–Crippen LogP) is 3.44. The van der Waals surface area contributed by atoms with Gasteiger partial charge in [-0.2, -0.15) is 5.10 Å². The Hall–Kier alpha value is -2.10. The topological polar surface area (TPSA) is 46.9 Å². The van der Waals surface area contributed by atoms with Crippen molar-refractivity contribution in [3.8, 4) is 5.69 Å². The van der Waals surface area contributed by atoms with Crippen molar-refractivity contribution >= 4 is 5.91 Å². The zero-order valence-corrected chi connectivity index (χ0v) is 13.2. The van der Waals surface area contributed by atoms with Crippen LogP contribution in [-0.4, -0.2) is 22.2 Å². The van der Waals surface area contributed by atoms with Gasteiger partial charge in [-0.15, -0.1) is 0 Å². The zero-order valence-electron chi connectivity index (χ0n) is 13.2. The van der Waals surface area contributed by atoms with Crippen molar-refractivity contribution in [2.24, 2.45) is 0 Å². The van der Waals surface area contributed by atoms with Crippen molar-refractivity contribution in [2.75, 3.05) is 6.54 Å². The standard InChI is InChI=1S/C17H23N3O/c1-5-10-18-17(21)16-11-13(4)20(19-16)15-8-6-14(7-9-15)12(2)3/h6-9,11-12H,5,10H2,1-4H3,(H,18,21). The monoisotopic (exact) mass is 285 g/mol. The van der Waals surface area contributed by atoms with Crippen LogP contribution in [0.25, 0.3) is 5.69 Å². The normalized spacial score (nSPS) is 10.9. The van der Waals surface area contributed by atoms with Crippen LogP contribution in [0, 0.1) is 6.92 Å². The number of carbonyl (C=O) groups excluding carboxylic acids is 1. The van der Waals surface area contributed by atoms with Gasteiger partial charge in [0.05, 0.1) is 5.69 Å². The van der Waals surface area contributed by atoms with Gasteiger partial charge in [-0.05, 0) is 43.0 Å². The molecule has 0 fully saturated rings. The highest BCUT2D eigenvalue weighted by atomic mass is 16.1. The lowest BCUT2D eigenvalue weighted by atomic mass is 10.0. The number of hydrogen-bond donors (Lipinski definition) is 1. The smallest absolute Gasteiger partial charge is 0.271 e. The molecule has 1 aromatic carbocycles. The minimum Gasteiger partial charge on any atom is -0.351 e. The maximum Gasteiger partial charge on any atom is 0.271 e. The van der Waals surface area contributed by atoms with Gasteiger partial charge in [-0.3, -0.25) is 4.79 Å². The van der Waals surface area contributed by atoms with Crippen molar-refractivity contribution in [1.29, 1.82) is 0 Å². The van der Waals surface area contributed by atoms with Crippen molar-refractivity contribution in [2.45, 2.75) is 40.0 Å². The van der Waals surface area contributed by atoms with E-state index in [-0.39, 0.29) is 5.91 Å². The van der Waals surface area contributed by atoms with E-state index in [1.165, 1.54) is 5.56 Å². The largest absolute Gasteiger partial charge is 0.351 e. The lowest BCUT2D eigenvalue weighted by Crippen LogP contribution is -2.24. The Balaban J connectivity index is 2.24. The third kappa shape index (κ3) is 3.51. The number of aryl methyl sites for hydroxylation is 1. The van der Waals surface area contributed by atoms with E-state index in [1.807, 2.05) is 36.7 Å². The summed E-state index contributed by atoms with van der Waals surface area (Å²) in [6, 6.07) is 10.1. The van der Waals surface area contributed by atoms with Crippen molar-refractivity contribution in [3.63, 3.8) is 0 Å². The molecular weight excluding hydrogens is 262 g/mol. The van der Waals surface area contributed by atoms with Gasteiger partial charge < -0.3 is 5.32 Å². The Morgan fingerprint density at radius 2 is 1.95 bits per heavy atom. The zero-order chi connectivity index (χ0) is 15.4. The second kappa shape index (κ2) is 6.57. The Labute approximate surface area is 126 Å². The first-order valence-electron chi connectivity index (χ1n) is 7.48. The molecule has 0 bridgehead atoms. The number of benzene rings is 1. The summed E-state index contributed by atoms with van der Waals surface area (Å²) in [7, 11) is 0. The average Bonchev–Trinajstić information content (AvgIpc) is 2.87. The summed E-state index contributed by atoms with van der Waals surface area (Å²) in [5.41, 5.74) is 3.69. The molecule has 21 heavy (non-hydrogen) atoms. The third-order valence-electron chi connectivity index (χ3n) is 3.46. The van der Waals surface area contributed by atoms with Gasteiger partial charge in [0.1, 0.15) is 0 Å². The number of amides is 1. The summed E-state index contributed by atoms with van der Waals surface area (Å²) in [6.45, 7) is 9.00. The number of rotatable bonds is 5. The third-order valence-corrected chi connectivity index (χ3v) is 3.46. The molecule has 4 nitrogen and oxygen atoms in total. The first-order chi connectivity index (χ1) is 10.0. The molecule has 112 valence electrons. The first kappa shape index (κ1) is 15.3. The minimum absolute atomic E-state index is 0.113. The average molecular weight is 285 g/mol. The lowest BCUT2D eigenvalue weighted by Gasteiger charge is -2.08. The molecule has 1 N–H and O–H groups in total. The number of aromatic nitrogens is 2. The Morgan fingerprint density at radius 1 is 1.29 bits per heavy atom. The molecule has 0 aliphatic rings. The quantitative estimate of drug-likeness (QED) is 0.914. The minimum atomic E-state index is -0.113. The van der Waals surface area contributed by atoms with Crippen molar-refractivity contribution in [1.82, 2.24) is 15.1 Å². The molecule has 0 unspecified atom stereocenters. The van der Waals surface area contributed by atoms with Crippen LogP contribution in [0.2, 0.25) is 0 Å². The molecule has 1 heterocycles. The molecule has 4 heteroatoms. The predicted molar refractivity (Wildman–Crippen MR) is 85.0 cm³/mol. The van der Waals surface area contributed by atoms with Crippen LogP contribution in [-0.2, 0) is 0 Å². The Morgan fingerprint density at radius 3 is 2.52 bits per heavy atom. The molecule has 1 amide bonds. The van der Waals surface area contributed by atoms with E-state index in [0.717, 1.165) is 17.8 Å². The van der Waals surface area contributed by atoms with Crippen LogP contribution < -0.4 is 5.32 Å². The lowest BCUT2D eigenvalue weighted by molar-refractivity contribution is 0.0948. The summed E-state index contributed by atoms with van der Waals surface area (Å²) in [4.78, 5) is 12.0. The van der Waals surface area contributed by atoms with Gasteiger partial charge in [0.25, 0.3) is 5.91 Å². The van der Waals surface area contributed by atoms with Crippen LogP contribution in [0.15, 0.2) is 30.3 Å². The Bertz CT molecular complexity index is 611. The highest BCUT2D eigenvalue weighted by molar-refractivity contribution is 5.92. The first-order valence-corrected chi connectivity index (χ1v) is 7.48. The molecule has 0 saturated heterocycles. The summed E-state index contributed by atoms with van der Waals surface area (Å²) in [6.07, 6.45) is 0.919. The van der Waals surface area contributed by atoms with Crippen LogP contribution in [0.3, 0.4) is 0 Å². The molecule has 1 aromatic heterocycles. The van der Waals surface area contributed by atoms with E-state index in [9.17, 15) is 4.79 Å². The van der Waals surface area contributed by atoms with Crippen molar-refractivity contribution in [3.05, 3.63) is 47.3 Å². The second-order valence-corrected chi connectivity index (χ2v) is 5.58. The Kier molecular flexibility index (Phi) is 4.78. The fourth-order valence-electron chi connectivity index (χ4n) is 2.18. The highest BCUT2D eigenvalue weighted by Gasteiger charge is 2.12. The fraction of sp³-hybridized carbons (Fsp3) is 0.412. The molecule has 2 aromatic rings. The summed E-state index contributed by atoms with van der Waals surface area (Å²) in [5.74, 6) is 0.394. The van der Waals surface area contributed by atoms with Gasteiger partial charge >= 0.3 is 0 Å². The van der Waals surface area contributed by atoms with Gasteiger partial charge in [-0.1, -0.05) is 32.9 Å². The van der Waals surface area contributed by atoms with E-state index in [1.54, 1.807) is 0 Å². The number of nitrogens with one attached hydrogen (secondary N) is 1.